The molecule has 9 heteroatoms. The van der Waals surface area contributed by atoms with Crippen LogP contribution in [-0.4, -0.2) is 35.7 Å². The summed E-state index contributed by atoms with van der Waals surface area (Å²) in [5.41, 5.74) is 0.775. The number of rotatable bonds is 6. The number of carbonyl (C=O) groups is 2. The number of carbonyl (C=O) groups excluding carboxylic acids is 2. The van der Waals surface area contributed by atoms with Crippen LogP contribution in [0.1, 0.15) is 29.9 Å². The number of anilines is 1. The first-order valence-electron chi connectivity index (χ1n) is 10.2. The van der Waals surface area contributed by atoms with Gasteiger partial charge in [-0.05, 0) is 55.8 Å². The summed E-state index contributed by atoms with van der Waals surface area (Å²) in [5.74, 6) is -0.461. The van der Waals surface area contributed by atoms with Crippen molar-refractivity contribution in [2.24, 2.45) is 0 Å². The number of ether oxygens (including phenoxy) is 2. The van der Waals surface area contributed by atoms with Gasteiger partial charge < -0.3 is 19.1 Å². The summed E-state index contributed by atoms with van der Waals surface area (Å²) >= 11 is 5.96. The molecule has 1 atom stereocenters. The average Bonchev–Trinajstić information content (AvgIpc) is 3.35. The van der Waals surface area contributed by atoms with E-state index < -0.39 is 17.7 Å². The van der Waals surface area contributed by atoms with Crippen LogP contribution in [0.25, 0.3) is 5.76 Å². The van der Waals surface area contributed by atoms with Crippen LogP contribution in [-0.2, 0) is 9.59 Å². The number of ketones is 1. The highest BCUT2D eigenvalue weighted by Gasteiger charge is 2.48. The van der Waals surface area contributed by atoms with E-state index in [1.54, 1.807) is 55.5 Å². The summed E-state index contributed by atoms with van der Waals surface area (Å²) in [7, 11) is 1.49. The van der Waals surface area contributed by atoms with Crippen molar-refractivity contribution in [2.75, 3.05) is 18.6 Å². The van der Waals surface area contributed by atoms with Gasteiger partial charge in [0.1, 0.15) is 11.5 Å². The summed E-state index contributed by atoms with van der Waals surface area (Å²) in [5, 5.41) is 15.5. The quantitative estimate of drug-likeness (QED) is 0.318. The second-order valence-electron chi connectivity index (χ2n) is 7.32. The molecule has 2 aromatic carbocycles. The van der Waals surface area contributed by atoms with Crippen molar-refractivity contribution in [3.8, 4) is 11.5 Å². The monoisotopic (exact) mass is 468 g/mol. The lowest BCUT2D eigenvalue weighted by Crippen LogP contribution is -2.29. The molecule has 1 N–H and O–H groups in total. The van der Waals surface area contributed by atoms with Crippen LogP contribution in [0.2, 0.25) is 5.02 Å². The number of aliphatic hydroxyl groups is 1. The molecule has 0 unspecified atom stereocenters. The number of aliphatic hydroxyl groups excluding tert-OH is 1. The SMILES string of the molecule is CCOc1ccc([C@@H]2/C(=C(\O)c3ccc(Cl)cc3)C(=O)C(=O)N2c2cc(C)on2)cc1OC. The molecule has 0 spiro atoms. The van der Waals surface area contributed by atoms with Gasteiger partial charge in [0.2, 0.25) is 0 Å². The fourth-order valence-electron chi connectivity index (χ4n) is 3.74. The summed E-state index contributed by atoms with van der Waals surface area (Å²) in [6.45, 7) is 3.96. The molecule has 0 saturated carbocycles. The van der Waals surface area contributed by atoms with Crippen molar-refractivity contribution in [3.05, 3.63) is 76.0 Å². The van der Waals surface area contributed by atoms with Gasteiger partial charge in [-0.25, -0.2) is 0 Å². The van der Waals surface area contributed by atoms with E-state index in [9.17, 15) is 14.7 Å². The molecular formula is C24H21ClN2O6. The zero-order valence-electron chi connectivity index (χ0n) is 18.2. The maximum absolute atomic E-state index is 13.1. The molecule has 2 heterocycles. The summed E-state index contributed by atoms with van der Waals surface area (Å²) in [6, 6.07) is 11.9. The van der Waals surface area contributed by atoms with Crippen LogP contribution in [0.5, 0.6) is 11.5 Å². The van der Waals surface area contributed by atoms with E-state index in [4.69, 9.17) is 25.6 Å². The Kier molecular flexibility index (Phi) is 6.11. The first-order valence-corrected chi connectivity index (χ1v) is 10.5. The molecule has 1 fully saturated rings. The van der Waals surface area contributed by atoms with E-state index in [0.29, 0.717) is 40.0 Å². The highest BCUT2D eigenvalue weighted by molar-refractivity contribution is 6.51. The third-order valence-electron chi connectivity index (χ3n) is 5.23. The van der Waals surface area contributed by atoms with Gasteiger partial charge in [-0.1, -0.05) is 22.8 Å². The van der Waals surface area contributed by atoms with Crippen LogP contribution >= 0.6 is 11.6 Å². The molecule has 0 radical (unpaired) electrons. The summed E-state index contributed by atoms with van der Waals surface area (Å²) in [4.78, 5) is 27.4. The van der Waals surface area contributed by atoms with Gasteiger partial charge in [-0.3, -0.25) is 14.5 Å². The Hall–Kier alpha value is -3.78. The molecule has 1 amide bonds. The third kappa shape index (κ3) is 4.05. The molecule has 1 saturated heterocycles. The predicted molar refractivity (Wildman–Crippen MR) is 122 cm³/mol. The molecular weight excluding hydrogens is 448 g/mol. The normalized spacial score (nSPS) is 17.5. The largest absolute Gasteiger partial charge is 0.507 e. The maximum Gasteiger partial charge on any atom is 0.301 e. The summed E-state index contributed by atoms with van der Waals surface area (Å²) < 4.78 is 16.2. The Balaban J connectivity index is 1.93. The van der Waals surface area contributed by atoms with Crippen molar-refractivity contribution in [1.29, 1.82) is 0 Å². The molecule has 0 aliphatic carbocycles. The van der Waals surface area contributed by atoms with Crippen molar-refractivity contribution in [2.45, 2.75) is 19.9 Å². The zero-order chi connectivity index (χ0) is 23.7. The second-order valence-corrected chi connectivity index (χ2v) is 7.75. The van der Waals surface area contributed by atoms with Gasteiger partial charge in [0, 0.05) is 16.7 Å². The summed E-state index contributed by atoms with van der Waals surface area (Å²) in [6.07, 6.45) is 0. The third-order valence-corrected chi connectivity index (χ3v) is 5.48. The van der Waals surface area contributed by atoms with Crippen molar-refractivity contribution < 1.29 is 28.7 Å². The van der Waals surface area contributed by atoms with E-state index in [1.807, 2.05) is 6.92 Å². The number of aromatic nitrogens is 1. The van der Waals surface area contributed by atoms with Gasteiger partial charge in [0.15, 0.2) is 17.3 Å². The molecule has 1 aromatic heterocycles. The lowest BCUT2D eigenvalue weighted by molar-refractivity contribution is -0.132. The van der Waals surface area contributed by atoms with Crippen LogP contribution in [0.3, 0.4) is 0 Å². The zero-order valence-corrected chi connectivity index (χ0v) is 18.9. The van der Waals surface area contributed by atoms with Gasteiger partial charge in [-0.15, -0.1) is 0 Å². The fraction of sp³-hybridized carbons (Fsp3) is 0.208. The number of halogens is 1. The molecule has 170 valence electrons. The van der Waals surface area contributed by atoms with E-state index in [2.05, 4.69) is 5.16 Å². The molecule has 1 aliphatic rings. The van der Waals surface area contributed by atoms with Gasteiger partial charge in [-0.2, -0.15) is 0 Å². The first-order chi connectivity index (χ1) is 15.8. The number of nitrogens with zero attached hydrogens (tertiary/aromatic N) is 2. The lowest BCUT2D eigenvalue weighted by Gasteiger charge is -2.23. The van der Waals surface area contributed by atoms with E-state index in [0.717, 1.165) is 0 Å². The van der Waals surface area contributed by atoms with Crippen LogP contribution in [0.15, 0.2) is 58.6 Å². The number of Topliss-reactive ketones (excluding diaryl/α,β-unsaturated/α-hetero) is 1. The van der Waals surface area contributed by atoms with E-state index >= 15 is 0 Å². The van der Waals surface area contributed by atoms with E-state index in [1.165, 1.54) is 12.0 Å². The molecule has 0 bridgehead atoms. The molecule has 4 rings (SSSR count). The lowest BCUT2D eigenvalue weighted by atomic mass is 9.95. The molecule has 8 nitrogen and oxygen atoms in total. The number of benzene rings is 2. The number of hydrogen-bond donors (Lipinski definition) is 1. The van der Waals surface area contributed by atoms with Crippen LogP contribution in [0, 0.1) is 6.92 Å². The van der Waals surface area contributed by atoms with Crippen molar-refractivity contribution in [1.82, 2.24) is 5.16 Å². The number of amides is 1. The number of methoxy groups -OCH3 is 1. The number of hydrogen-bond acceptors (Lipinski definition) is 7. The molecule has 1 aliphatic heterocycles. The first kappa shape index (κ1) is 22.4. The highest BCUT2D eigenvalue weighted by Crippen LogP contribution is 2.44. The Morgan fingerprint density at radius 3 is 2.48 bits per heavy atom. The highest BCUT2D eigenvalue weighted by atomic mass is 35.5. The molecule has 33 heavy (non-hydrogen) atoms. The Morgan fingerprint density at radius 2 is 1.88 bits per heavy atom. The second kappa shape index (κ2) is 8.99. The van der Waals surface area contributed by atoms with Gasteiger partial charge in [0.25, 0.3) is 5.78 Å². The standard InChI is InChI=1S/C24H21ClN2O6/c1-4-32-17-10-7-15(12-18(17)31-3)21-20(22(28)14-5-8-16(25)9-6-14)23(29)24(30)27(21)19-11-13(2)33-26-19/h5-12,21,28H,4H2,1-3H3/b22-20+/t21-/m1/s1. The van der Waals surface area contributed by atoms with Crippen LogP contribution < -0.4 is 14.4 Å². The Bertz CT molecular complexity index is 1250. The van der Waals surface area contributed by atoms with E-state index in [-0.39, 0.29) is 17.2 Å². The average molecular weight is 469 g/mol. The predicted octanol–water partition coefficient (Wildman–Crippen LogP) is 4.67. The van der Waals surface area contributed by atoms with Crippen molar-refractivity contribution in [3.63, 3.8) is 0 Å². The Labute approximate surface area is 195 Å². The topological polar surface area (TPSA) is 102 Å². The Morgan fingerprint density at radius 1 is 1.15 bits per heavy atom. The minimum Gasteiger partial charge on any atom is -0.507 e. The number of aryl methyl sites for hydroxylation is 1. The van der Waals surface area contributed by atoms with Gasteiger partial charge >= 0.3 is 5.91 Å². The minimum atomic E-state index is -0.977. The maximum atomic E-state index is 13.1. The van der Waals surface area contributed by atoms with Crippen molar-refractivity contribution >= 4 is 34.9 Å². The smallest absolute Gasteiger partial charge is 0.301 e. The molecule has 3 aromatic rings. The minimum absolute atomic E-state index is 0.0887. The fourth-order valence-corrected chi connectivity index (χ4v) is 3.87. The van der Waals surface area contributed by atoms with Crippen LogP contribution in [0.4, 0.5) is 5.82 Å². The van der Waals surface area contributed by atoms with Gasteiger partial charge in [0.05, 0.1) is 25.3 Å².